The zero-order chi connectivity index (χ0) is 8.15. The van der Waals surface area contributed by atoms with Gasteiger partial charge in [-0.3, -0.25) is 0 Å². The van der Waals surface area contributed by atoms with Gasteiger partial charge in [-0.2, -0.15) is 8.78 Å². The van der Waals surface area contributed by atoms with Crippen molar-refractivity contribution in [1.29, 1.82) is 0 Å². The highest BCUT2D eigenvalue weighted by atomic mass is 32.2. The van der Waals surface area contributed by atoms with Crippen LogP contribution >= 0.6 is 0 Å². The first-order valence-corrected chi connectivity index (χ1v) is 3.58. The van der Waals surface area contributed by atoms with Crippen LogP contribution in [0.1, 0.15) is 6.42 Å². The molecule has 0 radical (unpaired) electrons. The fraction of sp³-hybridized carbons (Fsp3) is 0.500. The van der Waals surface area contributed by atoms with Crippen molar-refractivity contribution in [3.63, 3.8) is 0 Å². The van der Waals surface area contributed by atoms with Crippen LogP contribution in [0.25, 0.3) is 0 Å². The van der Waals surface area contributed by atoms with E-state index in [4.69, 9.17) is 4.55 Å². The molecule has 6 heteroatoms. The van der Waals surface area contributed by atoms with Gasteiger partial charge in [0.25, 0.3) is 0 Å². The molecule has 0 aliphatic carbocycles. The summed E-state index contributed by atoms with van der Waals surface area (Å²) < 4.78 is 52.0. The van der Waals surface area contributed by atoms with Crippen LogP contribution in [-0.2, 0) is 11.1 Å². The average molecular weight is 174 g/mol. The smallest absolute Gasteiger partial charge is 0.301 e. The number of hydrogen-bond acceptors (Lipinski definition) is 1. The third-order valence-corrected chi connectivity index (χ3v) is 1.25. The first-order valence-electron chi connectivity index (χ1n) is 2.31. The van der Waals surface area contributed by atoms with E-state index >= 15 is 0 Å². The Balaban J connectivity index is 3.71. The molecule has 1 unspecified atom stereocenters. The molecule has 0 aliphatic heterocycles. The second-order valence-corrected chi connectivity index (χ2v) is 2.49. The Kier molecular flexibility index (Phi) is 4.29. The van der Waals surface area contributed by atoms with Crippen molar-refractivity contribution in [3.05, 3.63) is 11.9 Å². The van der Waals surface area contributed by atoms with Crippen molar-refractivity contribution in [3.8, 4) is 0 Å². The summed E-state index contributed by atoms with van der Waals surface area (Å²) in [6.45, 7) is 0. The molecule has 0 aliphatic rings. The molecule has 0 aromatic rings. The molecule has 0 aromatic carbocycles. The molecule has 0 amide bonds. The number of rotatable bonds is 3. The summed E-state index contributed by atoms with van der Waals surface area (Å²) in [6, 6.07) is 0. The quantitative estimate of drug-likeness (QED) is 0.661. The normalized spacial score (nSPS) is 12.8. The van der Waals surface area contributed by atoms with Crippen LogP contribution in [0.15, 0.2) is 11.9 Å². The topological polar surface area (TPSA) is 37.3 Å². The Morgan fingerprint density at radius 2 is 1.90 bits per heavy atom. The van der Waals surface area contributed by atoms with Crippen LogP contribution < -0.4 is 0 Å². The average Bonchev–Trinajstić information content (AvgIpc) is 1.82. The van der Waals surface area contributed by atoms with Crippen molar-refractivity contribution in [2.75, 3.05) is 5.75 Å². The van der Waals surface area contributed by atoms with Gasteiger partial charge in [0.2, 0.25) is 0 Å². The molecule has 0 saturated heterocycles. The van der Waals surface area contributed by atoms with Crippen LogP contribution in [0.4, 0.5) is 13.2 Å². The zero-order valence-corrected chi connectivity index (χ0v) is 5.63. The van der Waals surface area contributed by atoms with E-state index in [1.54, 1.807) is 0 Å². The first kappa shape index (κ1) is 9.64. The fourth-order valence-corrected chi connectivity index (χ4v) is 0.625. The highest BCUT2D eigenvalue weighted by Gasteiger charge is 2.05. The van der Waals surface area contributed by atoms with E-state index in [1.165, 1.54) is 0 Å². The maximum Gasteiger partial charge on any atom is 0.301 e. The van der Waals surface area contributed by atoms with Gasteiger partial charge in [-0.1, -0.05) is 0 Å². The van der Waals surface area contributed by atoms with Crippen LogP contribution in [-0.4, -0.2) is 14.5 Å². The van der Waals surface area contributed by atoms with Crippen LogP contribution in [0.5, 0.6) is 0 Å². The largest absolute Gasteiger partial charge is 0.306 e. The van der Waals surface area contributed by atoms with Gasteiger partial charge in [0.15, 0.2) is 16.9 Å². The van der Waals surface area contributed by atoms with E-state index in [0.29, 0.717) is 0 Å². The van der Waals surface area contributed by atoms with E-state index in [2.05, 4.69) is 0 Å². The standard InChI is InChI=1S/C4H5F3O2S/c5-3(4(6)7)1-2-10(8)9/h1-2H2,(H,8,9). The molecule has 0 fully saturated rings. The van der Waals surface area contributed by atoms with E-state index in [0.717, 1.165) is 0 Å². The maximum atomic E-state index is 11.8. The molecule has 2 nitrogen and oxygen atoms in total. The Morgan fingerprint density at radius 3 is 2.20 bits per heavy atom. The predicted octanol–water partition coefficient (Wildman–Crippen LogP) is 1.68. The summed E-state index contributed by atoms with van der Waals surface area (Å²) in [6.07, 6.45) is -3.11. The van der Waals surface area contributed by atoms with Gasteiger partial charge < -0.3 is 4.55 Å². The number of hydrogen-bond donors (Lipinski definition) is 1. The van der Waals surface area contributed by atoms with Gasteiger partial charge in [-0.05, 0) is 0 Å². The number of allylic oxidation sites excluding steroid dienone is 1. The summed E-state index contributed by atoms with van der Waals surface area (Å²) in [4.78, 5) is 0. The molecular formula is C4H5F3O2S. The summed E-state index contributed by atoms with van der Waals surface area (Å²) in [5.41, 5.74) is 0. The summed E-state index contributed by atoms with van der Waals surface area (Å²) >= 11 is -2.21. The molecule has 1 atom stereocenters. The van der Waals surface area contributed by atoms with Crippen molar-refractivity contribution < 1.29 is 21.9 Å². The lowest BCUT2D eigenvalue weighted by atomic mass is 10.4. The third kappa shape index (κ3) is 4.51. The zero-order valence-electron chi connectivity index (χ0n) is 4.81. The van der Waals surface area contributed by atoms with Crippen molar-refractivity contribution in [1.82, 2.24) is 0 Å². The Bertz CT molecular complexity index is 164. The first-order chi connectivity index (χ1) is 4.54. The van der Waals surface area contributed by atoms with E-state index in [-0.39, 0.29) is 0 Å². The molecule has 0 bridgehead atoms. The molecule has 1 N–H and O–H groups in total. The molecule has 0 spiro atoms. The highest BCUT2D eigenvalue weighted by Crippen LogP contribution is 2.12. The SMILES string of the molecule is O=S(O)CCC(F)=C(F)F. The summed E-state index contributed by atoms with van der Waals surface area (Å²) in [5.74, 6) is -2.12. The molecule has 60 valence electrons. The summed E-state index contributed by atoms with van der Waals surface area (Å²) in [7, 11) is 0. The Labute approximate surface area is 58.0 Å². The van der Waals surface area contributed by atoms with Gasteiger partial charge >= 0.3 is 6.08 Å². The lowest BCUT2D eigenvalue weighted by Gasteiger charge is -1.90. The monoisotopic (exact) mass is 174 g/mol. The molecule has 0 rings (SSSR count). The van der Waals surface area contributed by atoms with Crippen molar-refractivity contribution in [2.45, 2.75) is 6.42 Å². The van der Waals surface area contributed by atoms with Gasteiger partial charge in [0, 0.05) is 6.42 Å². The number of halogens is 3. The maximum absolute atomic E-state index is 11.8. The minimum absolute atomic E-state index is 0.497. The van der Waals surface area contributed by atoms with Gasteiger partial charge in [0.05, 0.1) is 5.75 Å². The van der Waals surface area contributed by atoms with E-state index in [1.807, 2.05) is 0 Å². The second-order valence-electron chi connectivity index (χ2n) is 1.44. The predicted molar refractivity (Wildman–Crippen MR) is 30.6 cm³/mol. The van der Waals surface area contributed by atoms with E-state index in [9.17, 15) is 17.4 Å². The van der Waals surface area contributed by atoms with Gasteiger partial charge in [0.1, 0.15) is 0 Å². The molecule has 10 heavy (non-hydrogen) atoms. The third-order valence-electron chi connectivity index (χ3n) is 0.701. The minimum atomic E-state index is -2.43. The van der Waals surface area contributed by atoms with E-state index < -0.39 is 35.2 Å². The molecule has 0 saturated carbocycles. The lowest BCUT2D eigenvalue weighted by Crippen LogP contribution is -1.94. The summed E-state index contributed by atoms with van der Waals surface area (Å²) in [5, 5.41) is 0. The lowest BCUT2D eigenvalue weighted by molar-refractivity contribution is 0.373. The van der Waals surface area contributed by atoms with Crippen LogP contribution in [0, 0.1) is 0 Å². The molecule has 0 heterocycles. The highest BCUT2D eigenvalue weighted by molar-refractivity contribution is 7.79. The van der Waals surface area contributed by atoms with Crippen LogP contribution in [0.2, 0.25) is 0 Å². The minimum Gasteiger partial charge on any atom is -0.306 e. The fourth-order valence-electron chi connectivity index (χ4n) is 0.271. The van der Waals surface area contributed by atoms with Gasteiger partial charge in [-0.25, -0.2) is 8.60 Å². The van der Waals surface area contributed by atoms with Crippen molar-refractivity contribution in [2.24, 2.45) is 0 Å². The second kappa shape index (κ2) is 4.45. The van der Waals surface area contributed by atoms with Crippen LogP contribution in [0.3, 0.4) is 0 Å². The molecular weight excluding hydrogens is 169 g/mol. The Morgan fingerprint density at radius 1 is 1.40 bits per heavy atom. The Hall–Kier alpha value is -0.360. The molecule has 0 aromatic heterocycles. The van der Waals surface area contributed by atoms with Crippen molar-refractivity contribution >= 4 is 11.1 Å². The van der Waals surface area contributed by atoms with Gasteiger partial charge in [-0.15, -0.1) is 0 Å².